The van der Waals surface area contributed by atoms with Gasteiger partial charge in [-0.1, -0.05) is 6.07 Å². The van der Waals surface area contributed by atoms with Crippen LogP contribution in [-0.2, 0) is 4.74 Å². The molecule has 2 rings (SSSR count). The molecule has 1 aromatic heterocycles. The minimum Gasteiger partial charge on any atom is -0.493 e. The minimum absolute atomic E-state index is 0.0361. The van der Waals surface area contributed by atoms with Crippen LogP contribution in [0.2, 0.25) is 0 Å². The van der Waals surface area contributed by atoms with Crippen LogP contribution in [0.15, 0.2) is 36.4 Å². The maximum atomic E-state index is 13.3. The molecule has 0 aliphatic rings. The molecule has 0 saturated carbocycles. The van der Waals surface area contributed by atoms with Crippen molar-refractivity contribution in [2.75, 3.05) is 26.0 Å². The molecule has 0 saturated heterocycles. The Morgan fingerprint density at radius 3 is 2.79 bits per heavy atom. The van der Waals surface area contributed by atoms with Crippen molar-refractivity contribution in [1.82, 2.24) is 4.98 Å². The molecule has 5 N–H and O–H groups in total. The summed E-state index contributed by atoms with van der Waals surface area (Å²) >= 11 is 0. The van der Waals surface area contributed by atoms with Crippen molar-refractivity contribution in [3.8, 4) is 5.75 Å². The number of halogens is 1. The lowest BCUT2D eigenvalue weighted by molar-refractivity contribution is -0.401. The first kappa shape index (κ1) is 20.8. The number of esters is 1. The second-order valence-electron chi connectivity index (χ2n) is 5.84. The number of rotatable bonds is 9. The number of pyridine rings is 1. The van der Waals surface area contributed by atoms with Gasteiger partial charge < -0.3 is 20.9 Å². The summed E-state index contributed by atoms with van der Waals surface area (Å²) in [5, 5.41) is 7.55. The van der Waals surface area contributed by atoms with Crippen molar-refractivity contribution < 1.29 is 23.2 Å². The van der Waals surface area contributed by atoms with Crippen molar-refractivity contribution in [3.63, 3.8) is 0 Å². The molecular formula is C19H23FN5O3+. The molecule has 0 atom stereocenters. The monoisotopic (exact) mass is 388 g/mol. The van der Waals surface area contributed by atoms with Crippen molar-refractivity contribution in [2.24, 2.45) is 5.73 Å². The van der Waals surface area contributed by atoms with Crippen molar-refractivity contribution in [2.45, 2.75) is 12.8 Å². The lowest BCUT2D eigenvalue weighted by atomic mass is 10.2. The van der Waals surface area contributed by atoms with Crippen LogP contribution >= 0.6 is 0 Å². The number of nitrogens with one attached hydrogen (secondary N) is 1. The number of carbonyl (C=O) groups is 1. The lowest BCUT2D eigenvalue weighted by Gasteiger charge is -2.11. The first-order valence-corrected chi connectivity index (χ1v) is 8.59. The van der Waals surface area contributed by atoms with Gasteiger partial charge in [0.2, 0.25) is 12.2 Å². The summed E-state index contributed by atoms with van der Waals surface area (Å²) in [4.78, 5) is 15.8. The molecule has 0 radical (unpaired) electrons. The van der Waals surface area contributed by atoms with E-state index in [0.29, 0.717) is 43.3 Å². The zero-order chi connectivity index (χ0) is 20.5. The topological polar surface area (TPSA) is 127 Å². The van der Waals surface area contributed by atoms with Gasteiger partial charge in [-0.25, -0.2) is 18.7 Å². The molecule has 2 aromatic rings. The Balaban J connectivity index is 1.93. The van der Waals surface area contributed by atoms with E-state index in [1.807, 2.05) is 0 Å². The molecule has 0 aliphatic heterocycles. The number of methoxy groups -OCH3 is 1. The third kappa shape index (κ3) is 5.50. The predicted molar refractivity (Wildman–Crippen MR) is 103 cm³/mol. The first-order chi connectivity index (χ1) is 13.5. The fourth-order valence-corrected chi connectivity index (χ4v) is 2.46. The lowest BCUT2D eigenvalue weighted by Crippen LogP contribution is -2.30. The number of unbranched alkanes of at least 4 members (excludes halogenated alkanes) is 1. The summed E-state index contributed by atoms with van der Waals surface area (Å²) in [5.74, 6) is -0.279. The number of nitrogens with two attached hydrogens (primary N) is 2. The highest BCUT2D eigenvalue weighted by atomic mass is 19.1. The highest BCUT2D eigenvalue weighted by molar-refractivity contribution is 5.93. The number of hydrogen-bond acceptors (Lipinski definition) is 6. The van der Waals surface area contributed by atoms with E-state index in [2.05, 4.69) is 9.72 Å². The van der Waals surface area contributed by atoms with Crippen LogP contribution in [0.3, 0.4) is 0 Å². The molecule has 0 bridgehead atoms. The highest BCUT2D eigenvalue weighted by Gasteiger charge is 2.14. The summed E-state index contributed by atoms with van der Waals surface area (Å²) in [6, 6.07) is 8.79. The van der Waals surface area contributed by atoms with Crippen molar-refractivity contribution in [3.05, 3.63) is 53.5 Å². The van der Waals surface area contributed by atoms with Crippen LogP contribution in [0.4, 0.5) is 10.2 Å². The third-order valence-electron chi connectivity index (χ3n) is 3.90. The molecule has 0 amide bonds. The Labute approximate surface area is 162 Å². The smallest absolute Gasteiger partial charge is 0.341 e. The first-order valence-electron chi connectivity index (χ1n) is 8.59. The molecule has 0 spiro atoms. The largest absolute Gasteiger partial charge is 0.493 e. The minimum atomic E-state index is -0.665. The summed E-state index contributed by atoms with van der Waals surface area (Å²) < 4.78 is 25.1. The van der Waals surface area contributed by atoms with E-state index >= 15 is 0 Å². The van der Waals surface area contributed by atoms with Crippen molar-refractivity contribution in [1.29, 1.82) is 5.41 Å². The maximum absolute atomic E-state index is 13.3. The van der Waals surface area contributed by atoms with Gasteiger partial charge in [0.05, 0.1) is 20.3 Å². The maximum Gasteiger partial charge on any atom is 0.341 e. The normalized spacial score (nSPS) is 11.5. The van der Waals surface area contributed by atoms with E-state index in [1.165, 1.54) is 19.2 Å². The molecule has 0 unspecified atom stereocenters. The number of aromatic nitrogens is 1. The number of ether oxygens (including phenoxy) is 2. The number of anilines is 1. The number of hydrogen-bond donors (Lipinski definition) is 3. The molecular weight excluding hydrogens is 365 g/mol. The zero-order valence-corrected chi connectivity index (χ0v) is 15.5. The molecule has 0 aliphatic carbocycles. The van der Waals surface area contributed by atoms with Crippen LogP contribution in [0, 0.1) is 11.2 Å². The number of nitrogens with zero attached hydrogens (tertiary/aromatic N) is 2. The number of carbonyl (C=O) groups excluding carboxylic acids is 1. The van der Waals surface area contributed by atoms with Gasteiger partial charge in [-0.3, -0.25) is 0 Å². The van der Waals surface area contributed by atoms with Crippen LogP contribution in [0.25, 0.3) is 0 Å². The fraction of sp³-hybridized carbons (Fsp3) is 0.263. The average Bonchev–Trinajstić information content (AvgIpc) is 2.70. The summed E-state index contributed by atoms with van der Waals surface area (Å²) in [5.41, 5.74) is 12.2. The Hall–Kier alpha value is -3.49. The molecule has 28 heavy (non-hydrogen) atoms. The Morgan fingerprint density at radius 2 is 2.11 bits per heavy atom. The van der Waals surface area contributed by atoms with E-state index in [0.717, 1.165) is 12.4 Å². The summed E-state index contributed by atoms with van der Waals surface area (Å²) in [6.07, 6.45) is 2.41. The Bertz CT molecular complexity index is 886. The van der Waals surface area contributed by atoms with Gasteiger partial charge in [-0.2, -0.15) is 5.41 Å². The molecule has 9 heteroatoms. The average molecular weight is 388 g/mol. The molecule has 1 aromatic carbocycles. The Kier molecular flexibility index (Phi) is 7.44. The summed E-state index contributed by atoms with van der Waals surface area (Å²) in [6.45, 7) is 0.778. The molecule has 1 heterocycles. The third-order valence-corrected chi connectivity index (χ3v) is 3.90. The van der Waals surface area contributed by atoms with Gasteiger partial charge in [-0.15, -0.1) is 0 Å². The van der Waals surface area contributed by atoms with Crippen LogP contribution in [-0.4, -0.2) is 48.0 Å². The van der Waals surface area contributed by atoms with Crippen molar-refractivity contribution >= 4 is 24.0 Å². The second kappa shape index (κ2) is 10.0. The Morgan fingerprint density at radius 1 is 1.32 bits per heavy atom. The van der Waals surface area contributed by atoms with E-state index in [-0.39, 0.29) is 11.3 Å². The van der Waals surface area contributed by atoms with Crippen LogP contribution < -0.4 is 16.2 Å². The van der Waals surface area contributed by atoms with E-state index in [9.17, 15) is 9.18 Å². The summed E-state index contributed by atoms with van der Waals surface area (Å²) in [7, 11) is 1.22. The van der Waals surface area contributed by atoms with E-state index in [4.69, 9.17) is 21.6 Å². The SMILES string of the molecule is COC(=O)c1cc(F)ccc1OCCCC[N+](C=N)=C(N)c1cccc(N)n1. The van der Waals surface area contributed by atoms with Crippen LogP contribution in [0.5, 0.6) is 5.75 Å². The second-order valence-corrected chi connectivity index (χ2v) is 5.84. The van der Waals surface area contributed by atoms with E-state index < -0.39 is 11.8 Å². The van der Waals surface area contributed by atoms with Gasteiger partial charge in [0, 0.05) is 0 Å². The standard InChI is InChI=1S/C19H22FN5O3/c1-27-19(26)14-11-13(20)7-8-16(14)28-10-3-2-9-25(12-21)18(23)15-5-4-6-17(22)24-15/h4-8,11-12,21,23H,2-3,9-10H2,1H3,(H2,22,24)/p+1. The van der Waals surface area contributed by atoms with Gasteiger partial charge in [0.15, 0.2) is 0 Å². The highest BCUT2D eigenvalue weighted by Crippen LogP contribution is 2.21. The van der Waals surface area contributed by atoms with Gasteiger partial charge in [0.1, 0.15) is 28.6 Å². The van der Waals surface area contributed by atoms with Gasteiger partial charge in [0.25, 0.3) is 0 Å². The fourth-order valence-electron chi connectivity index (χ4n) is 2.46. The van der Waals surface area contributed by atoms with E-state index in [1.54, 1.807) is 22.8 Å². The van der Waals surface area contributed by atoms with Crippen LogP contribution in [0.1, 0.15) is 28.9 Å². The number of amidine groups is 1. The van der Waals surface area contributed by atoms with Gasteiger partial charge >= 0.3 is 5.97 Å². The zero-order valence-electron chi connectivity index (χ0n) is 15.5. The molecule has 8 nitrogen and oxygen atoms in total. The molecule has 148 valence electrons. The number of nitrogen functional groups attached to an aromatic ring is 1. The quantitative estimate of drug-likeness (QED) is 0.198. The predicted octanol–water partition coefficient (Wildman–Crippen LogP) is 1.77. The molecule has 0 fully saturated rings. The van der Waals surface area contributed by atoms with Gasteiger partial charge in [-0.05, 0) is 43.2 Å². The number of benzene rings is 1.